The highest BCUT2D eigenvalue weighted by molar-refractivity contribution is 5.58. The van der Waals surface area contributed by atoms with E-state index in [1.807, 2.05) is 18.2 Å². The van der Waals surface area contributed by atoms with E-state index in [1.54, 1.807) is 6.07 Å². The quantitative estimate of drug-likeness (QED) is 0.874. The molecule has 2 aromatic rings. The third-order valence-electron chi connectivity index (χ3n) is 3.63. The topological polar surface area (TPSA) is 39.7 Å². The van der Waals surface area contributed by atoms with E-state index in [9.17, 15) is 4.39 Å². The third kappa shape index (κ3) is 2.24. The van der Waals surface area contributed by atoms with Crippen molar-refractivity contribution in [1.82, 2.24) is 0 Å². The van der Waals surface area contributed by atoms with Gasteiger partial charge in [0.1, 0.15) is 30.9 Å². The molecule has 0 aromatic heterocycles. The Balaban J connectivity index is 1.62. The highest BCUT2D eigenvalue weighted by Crippen LogP contribution is 2.38. The molecule has 1 atom stereocenters. The molecule has 2 aromatic carbocycles. The van der Waals surface area contributed by atoms with E-state index in [4.69, 9.17) is 14.2 Å². The second kappa shape index (κ2) is 4.84. The number of hydrogen-bond acceptors (Lipinski definition) is 4. The van der Waals surface area contributed by atoms with Gasteiger partial charge in [-0.1, -0.05) is 6.07 Å². The lowest BCUT2D eigenvalue weighted by molar-refractivity contribution is 0.169. The van der Waals surface area contributed by atoms with Crippen molar-refractivity contribution in [2.45, 2.75) is 6.10 Å². The molecule has 1 unspecified atom stereocenters. The van der Waals surface area contributed by atoms with Crippen molar-refractivity contribution in [3.05, 3.63) is 47.8 Å². The molecule has 0 amide bonds. The summed E-state index contributed by atoms with van der Waals surface area (Å²) in [4.78, 5) is 0. The van der Waals surface area contributed by atoms with Gasteiger partial charge in [0, 0.05) is 6.07 Å². The van der Waals surface area contributed by atoms with Gasteiger partial charge in [0.05, 0.1) is 12.2 Å². The standard InChI is InChI=1S/C16H14FNO3/c17-11-2-4-13-12(8-11)18-9-16(21-13)10-1-3-14-15(7-10)20-6-5-19-14/h1-4,7-8,16,18H,5-6,9H2. The van der Waals surface area contributed by atoms with Crippen LogP contribution in [0.5, 0.6) is 17.2 Å². The number of ether oxygens (including phenoxy) is 3. The molecule has 4 nitrogen and oxygen atoms in total. The van der Waals surface area contributed by atoms with Crippen LogP contribution in [-0.4, -0.2) is 19.8 Å². The van der Waals surface area contributed by atoms with Gasteiger partial charge >= 0.3 is 0 Å². The van der Waals surface area contributed by atoms with E-state index in [1.165, 1.54) is 12.1 Å². The smallest absolute Gasteiger partial charge is 0.161 e. The van der Waals surface area contributed by atoms with Gasteiger partial charge in [-0.05, 0) is 29.8 Å². The number of benzene rings is 2. The number of hydrogen-bond donors (Lipinski definition) is 1. The van der Waals surface area contributed by atoms with Crippen LogP contribution in [0.3, 0.4) is 0 Å². The molecule has 0 fully saturated rings. The first-order valence-electron chi connectivity index (χ1n) is 6.89. The summed E-state index contributed by atoms with van der Waals surface area (Å²) in [5.74, 6) is 1.88. The Bertz CT molecular complexity index is 689. The fraction of sp³-hybridized carbons (Fsp3) is 0.250. The van der Waals surface area contributed by atoms with Crippen LogP contribution in [0.4, 0.5) is 10.1 Å². The summed E-state index contributed by atoms with van der Waals surface area (Å²) in [6.45, 7) is 1.71. The number of rotatable bonds is 1. The van der Waals surface area contributed by atoms with Crippen LogP contribution in [0, 0.1) is 5.82 Å². The predicted octanol–water partition coefficient (Wildman–Crippen LogP) is 3.14. The number of fused-ring (bicyclic) bond motifs is 2. The van der Waals surface area contributed by atoms with Gasteiger partial charge in [-0.15, -0.1) is 0 Å². The van der Waals surface area contributed by atoms with Crippen LogP contribution >= 0.6 is 0 Å². The Morgan fingerprint density at radius 1 is 0.952 bits per heavy atom. The Kier molecular flexibility index (Phi) is 2.84. The molecule has 0 saturated heterocycles. The summed E-state index contributed by atoms with van der Waals surface area (Å²) in [6, 6.07) is 10.3. The second-order valence-corrected chi connectivity index (χ2v) is 5.03. The summed E-state index contributed by atoms with van der Waals surface area (Å²) in [6.07, 6.45) is -0.140. The molecule has 5 heteroatoms. The first-order valence-corrected chi connectivity index (χ1v) is 6.89. The monoisotopic (exact) mass is 287 g/mol. The molecule has 0 saturated carbocycles. The summed E-state index contributed by atoms with van der Waals surface area (Å²) in [5.41, 5.74) is 1.69. The number of nitrogens with one attached hydrogen (secondary N) is 1. The maximum absolute atomic E-state index is 13.2. The average Bonchev–Trinajstić information content (AvgIpc) is 2.54. The minimum absolute atomic E-state index is 0.140. The van der Waals surface area contributed by atoms with Crippen molar-refractivity contribution >= 4 is 5.69 Å². The van der Waals surface area contributed by atoms with Gasteiger partial charge in [0.25, 0.3) is 0 Å². The molecule has 21 heavy (non-hydrogen) atoms. The first-order chi connectivity index (χ1) is 10.3. The van der Waals surface area contributed by atoms with E-state index in [2.05, 4.69) is 5.32 Å². The number of anilines is 1. The molecule has 0 spiro atoms. The van der Waals surface area contributed by atoms with Gasteiger partial charge in [0.15, 0.2) is 11.5 Å². The third-order valence-corrected chi connectivity index (χ3v) is 3.63. The molecule has 1 N–H and O–H groups in total. The normalized spacial score (nSPS) is 19.2. The fourth-order valence-corrected chi connectivity index (χ4v) is 2.59. The molecular weight excluding hydrogens is 273 g/mol. The lowest BCUT2D eigenvalue weighted by Crippen LogP contribution is -2.24. The van der Waals surface area contributed by atoms with Crippen LogP contribution in [0.15, 0.2) is 36.4 Å². The van der Waals surface area contributed by atoms with Crippen molar-refractivity contribution in [3.63, 3.8) is 0 Å². The summed E-state index contributed by atoms with van der Waals surface area (Å²) >= 11 is 0. The van der Waals surface area contributed by atoms with Gasteiger partial charge in [-0.25, -0.2) is 4.39 Å². The highest BCUT2D eigenvalue weighted by atomic mass is 19.1. The first kappa shape index (κ1) is 12.3. The number of halogens is 1. The molecular formula is C16H14FNO3. The van der Waals surface area contributed by atoms with Gasteiger partial charge in [-0.3, -0.25) is 0 Å². The SMILES string of the molecule is Fc1ccc2c(c1)NCC(c1ccc3c(c1)OCCO3)O2. The molecule has 108 valence electrons. The molecule has 0 aliphatic carbocycles. The van der Waals surface area contributed by atoms with Crippen molar-refractivity contribution in [1.29, 1.82) is 0 Å². The highest BCUT2D eigenvalue weighted by Gasteiger charge is 2.23. The van der Waals surface area contributed by atoms with Gasteiger partial charge in [-0.2, -0.15) is 0 Å². The Morgan fingerprint density at radius 3 is 2.67 bits per heavy atom. The summed E-state index contributed by atoms with van der Waals surface area (Å²) in [7, 11) is 0. The fourth-order valence-electron chi connectivity index (χ4n) is 2.59. The maximum atomic E-state index is 13.2. The molecule has 2 aliphatic heterocycles. The molecule has 2 aliphatic rings. The summed E-state index contributed by atoms with van der Waals surface area (Å²) < 4.78 is 30.2. The van der Waals surface area contributed by atoms with Crippen LogP contribution in [0.25, 0.3) is 0 Å². The van der Waals surface area contributed by atoms with E-state index in [0.717, 1.165) is 17.1 Å². The predicted molar refractivity (Wildman–Crippen MR) is 75.7 cm³/mol. The lowest BCUT2D eigenvalue weighted by atomic mass is 10.1. The zero-order chi connectivity index (χ0) is 14.2. The van der Waals surface area contributed by atoms with E-state index in [0.29, 0.717) is 31.2 Å². The zero-order valence-corrected chi connectivity index (χ0v) is 11.3. The minimum atomic E-state index is -0.275. The second-order valence-electron chi connectivity index (χ2n) is 5.03. The van der Waals surface area contributed by atoms with Crippen LogP contribution in [-0.2, 0) is 0 Å². The largest absolute Gasteiger partial charge is 0.486 e. The van der Waals surface area contributed by atoms with Crippen molar-refractivity contribution in [3.8, 4) is 17.2 Å². The van der Waals surface area contributed by atoms with E-state index in [-0.39, 0.29) is 11.9 Å². The molecule has 2 heterocycles. The lowest BCUT2D eigenvalue weighted by Gasteiger charge is -2.28. The summed E-state index contributed by atoms with van der Waals surface area (Å²) in [5, 5.41) is 3.20. The molecule has 0 bridgehead atoms. The van der Waals surface area contributed by atoms with E-state index < -0.39 is 0 Å². The van der Waals surface area contributed by atoms with Gasteiger partial charge < -0.3 is 19.5 Å². The molecule has 0 radical (unpaired) electrons. The minimum Gasteiger partial charge on any atom is -0.486 e. The average molecular weight is 287 g/mol. The molecule has 4 rings (SSSR count). The zero-order valence-electron chi connectivity index (χ0n) is 11.3. The van der Waals surface area contributed by atoms with E-state index >= 15 is 0 Å². The van der Waals surface area contributed by atoms with Crippen LogP contribution in [0.2, 0.25) is 0 Å². The van der Waals surface area contributed by atoms with Gasteiger partial charge in [0.2, 0.25) is 0 Å². The Labute approximate surface area is 121 Å². The Hall–Kier alpha value is -2.43. The Morgan fingerprint density at radius 2 is 1.76 bits per heavy atom. The van der Waals surface area contributed by atoms with Crippen molar-refractivity contribution < 1.29 is 18.6 Å². The van der Waals surface area contributed by atoms with Crippen LogP contribution in [0.1, 0.15) is 11.7 Å². The maximum Gasteiger partial charge on any atom is 0.161 e. The van der Waals surface area contributed by atoms with Crippen LogP contribution < -0.4 is 19.5 Å². The van der Waals surface area contributed by atoms with Crippen molar-refractivity contribution in [2.75, 3.05) is 25.1 Å². The van der Waals surface area contributed by atoms with Crippen molar-refractivity contribution in [2.24, 2.45) is 0 Å².